The predicted octanol–water partition coefficient (Wildman–Crippen LogP) is 3.43. The number of nitrogens with two attached hydrogens (primary N) is 1. The fraction of sp³-hybridized carbons (Fsp3) is 0.500. The number of ether oxygens (including phenoxy) is 1. The van der Waals surface area contributed by atoms with Gasteiger partial charge < -0.3 is 10.5 Å². The Kier molecular flexibility index (Phi) is 3.79. The minimum Gasteiger partial charge on any atom is -0.491 e. The van der Waals surface area contributed by atoms with Crippen molar-refractivity contribution in [1.29, 1.82) is 5.26 Å². The molecule has 0 aliphatic heterocycles. The van der Waals surface area contributed by atoms with E-state index < -0.39 is 0 Å². The van der Waals surface area contributed by atoms with E-state index in [-0.39, 0.29) is 11.5 Å². The van der Waals surface area contributed by atoms with Gasteiger partial charge in [-0.1, -0.05) is 17.7 Å². The van der Waals surface area contributed by atoms with Crippen LogP contribution >= 0.6 is 11.6 Å². The van der Waals surface area contributed by atoms with Crippen molar-refractivity contribution in [2.75, 3.05) is 6.61 Å². The number of hydrogen-bond acceptors (Lipinski definition) is 3. The second-order valence-electron chi connectivity index (χ2n) is 5.10. The van der Waals surface area contributed by atoms with Crippen LogP contribution in [0.1, 0.15) is 37.8 Å². The molecule has 0 unspecified atom stereocenters. The highest BCUT2D eigenvalue weighted by Crippen LogP contribution is 2.49. The number of nitriles is 1. The third kappa shape index (κ3) is 2.95. The van der Waals surface area contributed by atoms with Gasteiger partial charge in [0, 0.05) is 17.9 Å². The molecule has 2 N–H and O–H groups in total. The Morgan fingerprint density at radius 2 is 2.28 bits per heavy atom. The molecule has 1 aliphatic carbocycles. The molecule has 0 saturated heterocycles. The molecule has 0 bridgehead atoms. The van der Waals surface area contributed by atoms with Crippen molar-refractivity contribution in [3.63, 3.8) is 0 Å². The minimum atomic E-state index is -0.0371. The highest BCUT2D eigenvalue weighted by atomic mass is 35.5. The van der Waals surface area contributed by atoms with E-state index in [2.05, 4.69) is 6.07 Å². The summed E-state index contributed by atoms with van der Waals surface area (Å²) in [4.78, 5) is 0. The molecule has 96 valence electrons. The number of hydrogen-bond donors (Lipinski definition) is 1. The fourth-order valence-electron chi connectivity index (χ4n) is 1.86. The molecule has 4 heteroatoms. The molecular formula is C14H17ClN2O. The Bertz CT molecular complexity index is 475. The number of halogens is 1. The third-order valence-electron chi connectivity index (χ3n) is 3.43. The average molecular weight is 265 g/mol. The van der Waals surface area contributed by atoms with Crippen LogP contribution in [0.5, 0.6) is 5.75 Å². The van der Waals surface area contributed by atoms with Crippen LogP contribution in [0, 0.1) is 16.7 Å². The average Bonchev–Trinajstić information content (AvgIpc) is 3.08. The molecule has 2 rings (SSSR count). The molecule has 0 spiro atoms. The number of nitrogens with zero attached hydrogens (tertiary/aromatic N) is 1. The maximum Gasteiger partial charge on any atom is 0.137 e. The molecule has 1 aromatic carbocycles. The first-order valence-corrected chi connectivity index (χ1v) is 6.49. The zero-order valence-corrected chi connectivity index (χ0v) is 11.2. The normalized spacial score (nSPS) is 17.9. The highest BCUT2D eigenvalue weighted by Gasteiger charge is 2.43. The van der Waals surface area contributed by atoms with Gasteiger partial charge in [0.2, 0.25) is 0 Å². The van der Waals surface area contributed by atoms with Gasteiger partial charge in [0.25, 0.3) is 0 Å². The van der Waals surface area contributed by atoms with Crippen molar-refractivity contribution in [3.8, 4) is 11.8 Å². The largest absolute Gasteiger partial charge is 0.491 e. The summed E-state index contributed by atoms with van der Waals surface area (Å²) in [5.74, 6) is 0.672. The molecule has 1 atom stereocenters. The summed E-state index contributed by atoms with van der Waals surface area (Å²) in [7, 11) is 0. The van der Waals surface area contributed by atoms with Crippen LogP contribution in [0.2, 0.25) is 5.02 Å². The lowest BCUT2D eigenvalue weighted by Crippen LogP contribution is -2.12. The van der Waals surface area contributed by atoms with Crippen LogP contribution in [0.25, 0.3) is 0 Å². The van der Waals surface area contributed by atoms with Crippen LogP contribution in [0.4, 0.5) is 0 Å². The van der Waals surface area contributed by atoms with E-state index in [1.165, 1.54) is 0 Å². The van der Waals surface area contributed by atoms with E-state index in [1.807, 2.05) is 25.1 Å². The summed E-state index contributed by atoms with van der Waals surface area (Å²) >= 11 is 6.15. The van der Waals surface area contributed by atoms with E-state index in [9.17, 15) is 0 Å². The van der Waals surface area contributed by atoms with Crippen molar-refractivity contribution < 1.29 is 4.74 Å². The molecule has 0 radical (unpaired) electrons. The molecular weight excluding hydrogens is 248 g/mol. The topological polar surface area (TPSA) is 59.0 Å². The first-order valence-electron chi connectivity index (χ1n) is 6.11. The lowest BCUT2D eigenvalue weighted by Gasteiger charge is -2.15. The van der Waals surface area contributed by atoms with Crippen molar-refractivity contribution in [3.05, 3.63) is 28.8 Å². The fourth-order valence-corrected chi connectivity index (χ4v) is 2.11. The van der Waals surface area contributed by atoms with Gasteiger partial charge >= 0.3 is 0 Å². The van der Waals surface area contributed by atoms with Gasteiger partial charge in [-0.25, -0.2) is 0 Å². The Labute approximate surface area is 112 Å². The smallest absolute Gasteiger partial charge is 0.137 e. The maximum absolute atomic E-state index is 8.75. The summed E-state index contributed by atoms with van der Waals surface area (Å²) in [5, 5.41) is 9.33. The molecule has 0 aromatic heterocycles. The van der Waals surface area contributed by atoms with Gasteiger partial charge in [-0.05, 0) is 37.5 Å². The van der Waals surface area contributed by atoms with Crippen molar-refractivity contribution in [2.45, 2.75) is 32.2 Å². The molecule has 0 amide bonds. The Balaban J connectivity index is 2.00. The molecule has 3 nitrogen and oxygen atoms in total. The van der Waals surface area contributed by atoms with Gasteiger partial charge in [0.1, 0.15) is 5.75 Å². The van der Waals surface area contributed by atoms with Gasteiger partial charge in [0.15, 0.2) is 0 Å². The Morgan fingerprint density at radius 1 is 1.56 bits per heavy atom. The quantitative estimate of drug-likeness (QED) is 0.886. The zero-order valence-electron chi connectivity index (χ0n) is 10.4. The second kappa shape index (κ2) is 5.17. The van der Waals surface area contributed by atoms with E-state index in [0.29, 0.717) is 23.8 Å². The zero-order chi connectivity index (χ0) is 13.2. The van der Waals surface area contributed by atoms with Gasteiger partial charge in [0.05, 0.1) is 17.7 Å². The molecule has 1 fully saturated rings. The van der Waals surface area contributed by atoms with Gasteiger partial charge in [-0.3, -0.25) is 0 Å². The van der Waals surface area contributed by atoms with Crippen LogP contribution in [0.3, 0.4) is 0 Å². The van der Waals surface area contributed by atoms with Gasteiger partial charge in [-0.15, -0.1) is 0 Å². The number of rotatable bonds is 5. The standard InChI is InChI=1S/C14H17ClN2O/c1-10(17)11-2-3-13(12(15)8-11)18-9-14(4-5-14)6-7-16/h2-3,8,10H,4-6,9,17H2,1H3/t10-/m1/s1. The SMILES string of the molecule is C[C@@H](N)c1ccc(OCC2(CC#N)CC2)c(Cl)c1. The van der Waals surface area contributed by atoms with Crippen molar-refractivity contribution in [1.82, 2.24) is 0 Å². The predicted molar refractivity (Wildman–Crippen MR) is 71.4 cm³/mol. The van der Waals surface area contributed by atoms with E-state index in [0.717, 1.165) is 18.4 Å². The lowest BCUT2D eigenvalue weighted by molar-refractivity contribution is 0.237. The van der Waals surface area contributed by atoms with Crippen molar-refractivity contribution in [2.24, 2.45) is 11.1 Å². The second-order valence-corrected chi connectivity index (χ2v) is 5.51. The summed E-state index contributed by atoms with van der Waals surface area (Å²) in [6.45, 7) is 2.48. The van der Waals surface area contributed by atoms with Gasteiger partial charge in [-0.2, -0.15) is 5.26 Å². The van der Waals surface area contributed by atoms with Crippen LogP contribution in [-0.2, 0) is 0 Å². The van der Waals surface area contributed by atoms with E-state index >= 15 is 0 Å². The highest BCUT2D eigenvalue weighted by molar-refractivity contribution is 6.32. The van der Waals surface area contributed by atoms with Crippen LogP contribution in [0.15, 0.2) is 18.2 Å². The van der Waals surface area contributed by atoms with Crippen molar-refractivity contribution >= 4 is 11.6 Å². The van der Waals surface area contributed by atoms with Crippen LogP contribution < -0.4 is 10.5 Å². The third-order valence-corrected chi connectivity index (χ3v) is 3.72. The van der Waals surface area contributed by atoms with Crippen LogP contribution in [-0.4, -0.2) is 6.61 Å². The molecule has 1 aromatic rings. The Morgan fingerprint density at radius 3 is 2.78 bits per heavy atom. The number of benzene rings is 1. The first kappa shape index (κ1) is 13.2. The monoisotopic (exact) mass is 264 g/mol. The van der Waals surface area contributed by atoms with E-state index in [1.54, 1.807) is 0 Å². The summed E-state index contributed by atoms with van der Waals surface area (Å²) in [6.07, 6.45) is 2.69. The first-order chi connectivity index (χ1) is 8.56. The Hall–Kier alpha value is -1.24. The molecule has 1 saturated carbocycles. The molecule has 1 aliphatic rings. The molecule has 18 heavy (non-hydrogen) atoms. The summed E-state index contributed by atoms with van der Waals surface area (Å²) in [5.41, 5.74) is 6.85. The summed E-state index contributed by atoms with van der Waals surface area (Å²) < 4.78 is 5.73. The minimum absolute atomic E-state index is 0.0371. The lowest BCUT2D eigenvalue weighted by atomic mass is 10.1. The maximum atomic E-state index is 8.75. The molecule has 0 heterocycles. The summed E-state index contributed by atoms with van der Waals surface area (Å²) in [6, 6.07) is 7.79. The van der Waals surface area contributed by atoms with E-state index in [4.69, 9.17) is 27.3 Å².